The summed E-state index contributed by atoms with van der Waals surface area (Å²) < 4.78 is 13.1. The minimum absolute atomic E-state index is 0.0879. The first-order chi connectivity index (χ1) is 18.8. The van der Waals surface area contributed by atoms with Crippen LogP contribution in [0.25, 0.3) is 5.69 Å². The number of hydrogen-bond donors (Lipinski definition) is 1. The van der Waals surface area contributed by atoms with Gasteiger partial charge in [0.1, 0.15) is 5.75 Å². The lowest BCUT2D eigenvalue weighted by molar-refractivity contribution is 0.0600. The molecule has 0 radical (unpaired) electrons. The van der Waals surface area contributed by atoms with Crippen LogP contribution in [0.2, 0.25) is 0 Å². The molecule has 0 bridgehead atoms. The van der Waals surface area contributed by atoms with Crippen molar-refractivity contribution in [1.82, 2.24) is 14.9 Å². The third-order valence-corrected chi connectivity index (χ3v) is 7.24. The Bertz CT molecular complexity index is 1500. The van der Waals surface area contributed by atoms with Crippen LogP contribution in [0.15, 0.2) is 79.0 Å². The van der Waals surface area contributed by atoms with Gasteiger partial charge in [-0.2, -0.15) is 0 Å². The molecule has 1 fully saturated rings. The van der Waals surface area contributed by atoms with E-state index in [9.17, 15) is 4.79 Å². The number of benzene rings is 2. The van der Waals surface area contributed by atoms with Gasteiger partial charge in [0.15, 0.2) is 5.11 Å². The van der Waals surface area contributed by atoms with Crippen LogP contribution in [0.3, 0.4) is 0 Å². The molecule has 1 aliphatic rings. The summed E-state index contributed by atoms with van der Waals surface area (Å²) in [4.78, 5) is 19.4. The van der Waals surface area contributed by atoms with E-state index in [-0.39, 0.29) is 24.2 Å². The lowest BCUT2D eigenvalue weighted by Crippen LogP contribution is -2.29. The molecule has 0 spiro atoms. The summed E-state index contributed by atoms with van der Waals surface area (Å²) in [7, 11) is 1.40. The zero-order chi connectivity index (χ0) is 27.7. The van der Waals surface area contributed by atoms with Gasteiger partial charge in [-0.25, -0.2) is 4.79 Å². The quantitative estimate of drug-likeness (QED) is 0.220. The fourth-order valence-electron chi connectivity index (χ4n) is 5.32. The minimum Gasteiger partial charge on any atom is -0.491 e. The van der Waals surface area contributed by atoms with Gasteiger partial charge in [-0.05, 0) is 100 Å². The van der Waals surface area contributed by atoms with Crippen LogP contribution < -0.4 is 15.0 Å². The average Bonchev–Trinajstić information content (AvgIpc) is 3.43. The van der Waals surface area contributed by atoms with E-state index in [2.05, 4.69) is 32.8 Å². The number of aryl methyl sites for hydroxylation is 1. The van der Waals surface area contributed by atoms with Gasteiger partial charge in [0.05, 0.1) is 42.2 Å². The molecule has 1 saturated heterocycles. The molecule has 200 valence electrons. The van der Waals surface area contributed by atoms with Crippen molar-refractivity contribution < 1.29 is 14.3 Å². The Morgan fingerprint density at radius 1 is 1.03 bits per heavy atom. The number of hydrogen-bond acceptors (Lipinski definition) is 5. The van der Waals surface area contributed by atoms with Crippen LogP contribution in [-0.4, -0.2) is 33.8 Å². The smallest absolute Gasteiger partial charge is 0.339 e. The van der Waals surface area contributed by atoms with Crippen LogP contribution in [0.4, 0.5) is 5.69 Å². The van der Waals surface area contributed by atoms with Gasteiger partial charge < -0.3 is 24.3 Å². The van der Waals surface area contributed by atoms with Gasteiger partial charge in [0.2, 0.25) is 0 Å². The van der Waals surface area contributed by atoms with Crippen LogP contribution in [-0.2, 0) is 4.74 Å². The number of para-hydroxylation sites is 1. The molecule has 4 aromatic rings. The second-order valence-electron chi connectivity index (χ2n) is 9.83. The van der Waals surface area contributed by atoms with Crippen molar-refractivity contribution in [1.29, 1.82) is 0 Å². The fourth-order valence-corrected chi connectivity index (χ4v) is 5.66. The molecule has 3 heterocycles. The zero-order valence-corrected chi connectivity index (χ0v) is 23.5. The first kappa shape index (κ1) is 26.4. The third kappa shape index (κ3) is 5.00. The van der Waals surface area contributed by atoms with Gasteiger partial charge in [0.25, 0.3) is 0 Å². The molecule has 1 N–H and O–H groups in total. The Kier molecular flexibility index (Phi) is 7.39. The number of methoxy groups -OCH3 is 1. The van der Waals surface area contributed by atoms with Crippen molar-refractivity contribution in [2.75, 3.05) is 12.0 Å². The van der Waals surface area contributed by atoms with E-state index in [4.69, 9.17) is 21.7 Å². The predicted octanol–water partition coefficient (Wildman–Crippen LogP) is 6.24. The molecule has 2 aromatic heterocycles. The molecule has 0 aliphatic carbocycles. The fraction of sp³-hybridized carbons (Fsp3) is 0.258. The van der Waals surface area contributed by atoms with Crippen LogP contribution >= 0.6 is 12.2 Å². The van der Waals surface area contributed by atoms with E-state index < -0.39 is 0 Å². The summed E-state index contributed by atoms with van der Waals surface area (Å²) in [5.74, 6) is 0.433. The summed E-state index contributed by atoms with van der Waals surface area (Å²) in [5.41, 5.74) is 6.21. The summed E-state index contributed by atoms with van der Waals surface area (Å²) in [6.45, 7) is 8.14. The highest BCUT2D eigenvalue weighted by molar-refractivity contribution is 7.80. The Morgan fingerprint density at radius 2 is 1.74 bits per heavy atom. The number of ether oxygens (including phenoxy) is 2. The molecule has 0 unspecified atom stereocenters. The zero-order valence-electron chi connectivity index (χ0n) is 22.7. The highest BCUT2D eigenvalue weighted by Gasteiger charge is 2.42. The number of carbonyl (C=O) groups is 1. The van der Waals surface area contributed by atoms with E-state index in [1.165, 1.54) is 7.11 Å². The Hall–Kier alpha value is -4.17. The number of nitrogens with one attached hydrogen (secondary N) is 1. The molecule has 0 amide bonds. The van der Waals surface area contributed by atoms with Gasteiger partial charge in [-0.3, -0.25) is 4.98 Å². The van der Waals surface area contributed by atoms with E-state index in [0.29, 0.717) is 10.7 Å². The molecule has 39 heavy (non-hydrogen) atoms. The number of esters is 1. The second kappa shape index (κ2) is 10.9. The van der Waals surface area contributed by atoms with E-state index in [1.54, 1.807) is 12.3 Å². The number of rotatable bonds is 7. The lowest BCUT2D eigenvalue weighted by atomic mass is 9.96. The van der Waals surface area contributed by atoms with Crippen LogP contribution in [0.1, 0.15) is 58.9 Å². The van der Waals surface area contributed by atoms with Gasteiger partial charge in [-0.1, -0.05) is 18.2 Å². The molecule has 0 saturated carbocycles. The Labute approximate surface area is 234 Å². The standard InChI is InChI=1S/C31H32N4O3S/c1-19(2)38-23-15-13-22(14-16-23)35-29(28(33-31(35)39)26-11-8-9-17-32-26)25-18-20(3)34(21(25)4)27-12-7-6-10-24(27)30(36)37-5/h6-19,28-29H,1-5H3,(H,33,39)/t28-,29-/m1/s1. The van der Waals surface area contributed by atoms with Crippen molar-refractivity contribution in [3.8, 4) is 11.4 Å². The molecular weight excluding hydrogens is 508 g/mol. The molecular formula is C31H32N4O3S. The minimum atomic E-state index is -0.375. The van der Waals surface area contributed by atoms with Crippen molar-refractivity contribution >= 4 is 29.0 Å². The van der Waals surface area contributed by atoms with E-state index in [1.807, 2.05) is 81.4 Å². The summed E-state index contributed by atoms with van der Waals surface area (Å²) in [6.07, 6.45) is 1.89. The maximum atomic E-state index is 12.6. The highest BCUT2D eigenvalue weighted by atomic mass is 32.1. The molecule has 2 aromatic carbocycles. The maximum Gasteiger partial charge on any atom is 0.339 e. The SMILES string of the molecule is COC(=O)c1ccccc1-n1c(C)cc([C@@H]2[C@@H](c3ccccn3)NC(=S)N2c2ccc(OC(C)C)cc2)c1C. The number of carbonyl (C=O) groups excluding carboxylic acids is 1. The second-order valence-corrected chi connectivity index (χ2v) is 10.2. The van der Waals surface area contributed by atoms with E-state index >= 15 is 0 Å². The maximum absolute atomic E-state index is 12.6. The molecule has 1 aliphatic heterocycles. The topological polar surface area (TPSA) is 68.6 Å². The Balaban J connectivity index is 1.65. The van der Waals surface area contributed by atoms with Gasteiger partial charge in [0, 0.05) is 23.3 Å². The number of nitrogens with zero attached hydrogens (tertiary/aromatic N) is 3. The molecule has 8 heteroatoms. The van der Waals surface area contributed by atoms with Crippen molar-refractivity contribution in [3.63, 3.8) is 0 Å². The first-order valence-electron chi connectivity index (χ1n) is 12.9. The van der Waals surface area contributed by atoms with Crippen molar-refractivity contribution in [2.24, 2.45) is 0 Å². The van der Waals surface area contributed by atoms with Gasteiger partial charge >= 0.3 is 5.97 Å². The summed E-state index contributed by atoms with van der Waals surface area (Å²) in [6, 6.07) is 23.2. The Morgan fingerprint density at radius 3 is 2.41 bits per heavy atom. The normalized spacial score (nSPS) is 16.9. The lowest BCUT2D eigenvalue weighted by Gasteiger charge is -2.28. The molecule has 7 nitrogen and oxygen atoms in total. The number of thiocarbonyl (C=S) groups is 1. The number of anilines is 1. The predicted molar refractivity (Wildman–Crippen MR) is 157 cm³/mol. The molecule has 5 rings (SSSR count). The van der Waals surface area contributed by atoms with E-state index in [0.717, 1.165) is 39.8 Å². The van der Waals surface area contributed by atoms with Crippen LogP contribution in [0.5, 0.6) is 5.75 Å². The summed E-state index contributed by atoms with van der Waals surface area (Å²) in [5, 5.41) is 4.15. The average molecular weight is 541 g/mol. The van der Waals surface area contributed by atoms with Crippen molar-refractivity contribution in [3.05, 3.63) is 107 Å². The van der Waals surface area contributed by atoms with Crippen molar-refractivity contribution in [2.45, 2.75) is 45.9 Å². The monoisotopic (exact) mass is 540 g/mol. The number of aromatic nitrogens is 2. The third-order valence-electron chi connectivity index (χ3n) is 6.92. The van der Waals surface area contributed by atoms with Crippen LogP contribution in [0, 0.1) is 13.8 Å². The molecule has 2 atom stereocenters. The highest BCUT2D eigenvalue weighted by Crippen LogP contribution is 2.44. The number of pyridine rings is 1. The largest absolute Gasteiger partial charge is 0.491 e. The van der Waals surface area contributed by atoms with Gasteiger partial charge in [-0.15, -0.1) is 0 Å². The summed E-state index contributed by atoms with van der Waals surface area (Å²) >= 11 is 5.91. The first-order valence-corrected chi connectivity index (χ1v) is 13.3.